The average molecular weight is 324 g/mol. The number of H-pyrrole nitrogens is 1. The van der Waals surface area contributed by atoms with E-state index in [9.17, 15) is 8.42 Å². The lowest BCUT2D eigenvalue weighted by molar-refractivity contribution is 0.0338. The van der Waals surface area contributed by atoms with Crippen molar-refractivity contribution in [2.24, 2.45) is 0 Å². The number of nitrogens with one attached hydrogen (secondary N) is 1. The number of tetrazole rings is 1. The van der Waals surface area contributed by atoms with Crippen LogP contribution >= 0.6 is 0 Å². The van der Waals surface area contributed by atoms with Crippen LogP contribution in [0.3, 0.4) is 0 Å². The lowest BCUT2D eigenvalue weighted by Crippen LogP contribution is -2.39. The molecule has 22 heavy (non-hydrogen) atoms. The summed E-state index contributed by atoms with van der Waals surface area (Å²) in [7, 11) is -3.05. The van der Waals surface area contributed by atoms with E-state index < -0.39 is 9.84 Å². The van der Waals surface area contributed by atoms with Crippen LogP contribution in [-0.2, 0) is 20.3 Å². The molecule has 9 nitrogen and oxygen atoms in total. The van der Waals surface area contributed by atoms with Crippen LogP contribution in [0.15, 0.2) is 18.3 Å². The Morgan fingerprint density at radius 1 is 1.45 bits per heavy atom. The minimum Gasteiger partial charge on any atom is -0.366 e. The number of aromatic nitrogens is 5. The number of ether oxygens (including phenoxy) is 1. The van der Waals surface area contributed by atoms with Crippen LogP contribution < -0.4 is 4.90 Å². The van der Waals surface area contributed by atoms with Crippen LogP contribution in [0.2, 0.25) is 0 Å². The molecule has 1 aliphatic heterocycles. The molecule has 1 atom stereocenters. The quantitative estimate of drug-likeness (QED) is 0.816. The third-order valence-corrected chi connectivity index (χ3v) is 4.14. The Morgan fingerprint density at radius 2 is 2.32 bits per heavy atom. The van der Waals surface area contributed by atoms with E-state index in [0.717, 1.165) is 5.82 Å². The Kier molecular flexibility index (Phi) is 4.03. The molecule has 1 aliphatic rings. The fraction of sp³-hybridized carbons (Fsp3) is 0.500. The second-order valence-electron chi connectivity index (χ2n) is 5.17. The highest BCUT2D eigenvalue weighted by Crippen LogP contribution is 2.22. The number of sulfone groups is 1. The van der Waals surface area contributed by atoms with Crippen molar-refractivity contribution in [2.45, 2.75) is 11.9 Å². The van der Waals surface area contributed by atoms with Crippen LogP contribution in [0.1, 0.15) is 17.5 Å². The van der Waals surface area contributed by atoms with Gasteiger partial charge in [0.05, 0.1) is 18.9 Å². The number of anilines is 1. The highest BCUT2D eigenvalue weighted by Gasteiger charge is 2.25. The molecule has 0 aliphatic carbocycles. The predicted molar refractivity (Wildman–Crippen MR) is 77.9 cm³/mol. The average Bonchev–Trinajstić information content (AvgIpc) is 3.01. The van der Waals surface area contributed by atoms with Crippen molar-refractivity contribution in [3.63, 3.8) is 0 Å². The minimum atomic E-state index is -3.05. The van der Waals surface area contributed by atoms with Crippen molar-refractivity contribution >= 4 is 15.7 Å². The van der Waals surface area contributed by atoms with Crippen molar-refractivity contribution in [3.8, 4) is 0 Å². The molecule has 1 N–H and O–H groups in total. The third kappa shape index (κ3) is 3.57. The number of aromatic amines is 1. The molecule has 0 saturated carbocycles. The van der Waals surface area contributed by atoms with Gasteiger partial charge in [0.2, 0.25) is 5.82 Å². The molecule has 10 heteroatoms. The Morgan fingerprint density at radius 3 is 2.95 bits per heavy atom. The van der Waals surface area contributed by atoms with E-state index in [0.29, 0.717) is 31.1 Å². The number of rotatable bonds is 4. The molecule has 3 rings (SSSR count). The van der Waals surface area contributed by atoms with Gasteiger partial charge < -0.3 is 9.64 Å². The van der Waals surface area contributed by atoms with Crippen LogP contribution in [0.5, 0.6) is 0 Å². The monoisotopic (exact) mass is 324 g/mol. The second kappa shape index (κ2) is 5.97. The van der Waals surface area contributed by atoms with E-state index in [1.165, 1.54) is 6.26 Å². The topological polar surface area (TPSA) is 114 Å². The molecular formula is C12H16N6O3S. The van der Waals surface area contributed by atoms with Gasteiger partial charge in [-0.2, -0.15) is 5.21 Å². The van der Waals surface area contributed by atoms with Gasteiger partial charge in [-0.25, -0.2) is 13.4 Å². The first-order valence-corrected chi connectivity index (χ1v) is 8.80. The van der Waals surface area contributed by atoms with E-state index in [1.807, 2.05) is 6.07 Å². The van der Waals surface area contributed by atoms with Gasteiger partial charge in [0.25, 0.3) is 0 Å². The maximum atomic E-state index is 11.3. The molecule has 0 radical (unpaired) electrons. The van der Waals surface area contributed by atoms with Crippen LogP contribution in [0, 0.1) is 0 Å². The zero-order chi connectivity index (χ0) is 15.6. The van der Waals surface area contributed by atoms with Crippen LogP contribution in [0.4, 0.5) is 5.82 Å². The lowest BCUT2D eigenvalue weighted by atomic mass is 10.2. The fourth-order valence-electron chi connectivity index (χ4n) is 2.31. The first kappa shape index (κ1) is 14.9. The smallest absolute Gasteiger partial charge is 0.205 e. The van der Waals surface area contributed by atoms with Crippen molar-refractivity contribution in [1.29, 1.82) is 0 Å². The molecule has 1 fully saturated rings. The SMILES string of the molecule is CS(=O)(=O)Cc1ccc(N2CCOC(c3nn[nH]n3)C2)nc1. The molecule has 1 unspecified atom stereocenters. The highest BCUT2D eigenvalue weighted by molar-refractivity contribution is 7.89. The van der Waals surface area contributed by atoms with Gasteiger partial charge in [0.15, 0.2) is 9.84 Å². The lowest BCUT2D eigenvalue weighted by Gasteiger charge is -2.32. The summed E-state index contributed by atoms with van der Waals surface area (Å²) < 4.78 is 28.2. The summed E-state index contributed by atoms with van der Waals surface area (Å²) >= 11 is 0. The van der Waals surface area contributed by atoms with Crippen LogP contribution in [-0.4, -0.2) is 60.0 Å². The second-order valence-corrected chi connectivity index (χ2v) is 7.31. The Bertz CT molecular complexity index is 716. The van der Waals surface area contributed by atoms with E-state index in [-0.39, 0.29) is 11.9 Å². The summed E-state index contributed by atoms with van der Waals surface area (Å²) in [5.74, 6) is 1.28. The van der Waals surface area contributed by atoms with E-state index in [1.54, 1.807) is 12.3 Å². The van der Waals surface area contributed by atoms with Gasteiger partial charge in [-0.15, -0.1) is 10.2 Å². The largest absolute Gasteiger partial charge is 0.366 e. The van der Waals surface area contributed by atoms with Gasteiger partial charge in [0, 0.05) is 19.0 Å². The molecule has 2 aromatic rings. The zero-order valence-corrected chi connectivity index (χ0v) is 12.8. The summed E-state index contributed by atoms with van der Waals surface area (Å²) in [5, 5.41) is 13.8. The summed E-state index contributed by atoms with van der Waals surface area (Å²) in [6.45, 7) is 1.80. The maximum absolute atomic E-state index is 11.3. The summed E-state index contributed by atoms with van der Waals surface area (Å²) in [5.41, 5.74) is 0.675. The predicted octanol–water partition coefficient (Wildman–Crippen LogP) is -0.283. The number of morpholine rings is 1. The van der Waals surface area contributed by atoms with Gasteiger partial charge in [-0.1, -0.05) is 11.3 Å². The third-order valence-electron chi connectivity index (χ3n) is 3.28. The Balaban J connectivity index is 1.71. The van der Waals surface area contributed by atoms with Gasteiger partial charge in [0.1, 0.15) is 11.9 Å². The highest BCUT2D eigenvalue weighted by atomic mass is 32.2. The Hall–Kier alpha value is -2.07. The maximum Gasteiger partial charge on any atom is 0.205 e. The fourth-order valence-corrected chi connectivity index (χ4v) is 3.09. The van der Waals surface area contributed by atoms with Crippen molar-refractivity contribution in [3.05, 3.63) is 29.7 Å². The molecule has 2 aromatic heterocycles. The molecule has 0 bridgehead atoms. The number of hydrogen-bond acceptors (Lipinski definition) is 8. The minimum absolute atomic E-state index is 0.00508. The van der Waals surface area contributed by atoms with Crippen molar-refractivity contribution < 1.29 is 13.2 Å². The van der Waals surface area contributed by atoms with Gasteiger partial charge in [-0.3, -0.25) is 0 Å². The summed E-state index contributed by atoms with van der Waals surface area (Å²) in [6.07, 6.45) is 2.54. The number of nitrogens with zero attached hydrogens (tertiary/aromatic N) is 5. The molecular weight excluding hydrogens is 308 g/mol. The molecule has 3 heterocycles. The van der Waals surface area contributed by atoms with Gasteiger partial charge >= 0.3 is 0 Å². The van der Waals surface area contributed by atoms with E-state index in [2.05, 4.69) is 30.5 Å². The zero-order valence-electron chi connectivity index (χ0n) is 12.0. The summed E-state index contributed by atoms with van der Waals surface area (Å²) in [4.78, 5) is 6.39. The molecule has 0 spiro atoms. The first-order valence-electron chi connectivity index (χ1n) is 6.74. The summed E-state index contributed by atoms with van der Waals surface area (Å²) in [6, 6.07) is 3.60. The van der Waals surface area contributed by atoms with E-state index in [4.69, 9.17) is 4.74 Å². The normalized spacial score (nSPS) is 19.3. The number of pyridine rings is 1. The molecule has 118 valence electrons. The van der Waals surface area contributed by atoms with Crippen LogP contribution in [0.25, 0.3) is 0 Å². The first-order chi connectivity index (χ1) is 10.5. The molecule has 0 aromatic carbocycles. The van der Waals surface area contributed by atoms with Crippen molar-refractivity contribution in [2.75, 3.05) is 30.9 Å². The Labute approximate surface area is 127 Å². The number of hydrogen-bond donors (Lipinski definition) is 1. The standard InChI is InChI=1S/C12H16N6O3S/c1-22(19,20)8-9-2-3-11(13-6-9)18-4-5-21-10(7-18)12-14-16-17-15-12/h2-3,6,10H,4-5,7-8H2,1H3,(H,14,15,16,17). The van der Waals surface area contributed by atoms with E-state index >= 15 is 0 Å². The molecule has 0 amide bonds. The van der Waals surface area contributed by atoms with Crippen molar-refractivity contribution in [1.82, 2.24) is 25.6 Å². The van der Waals surface area contributed by atoms with Gasteiger partial charge in [-0.05, 0) is 11.6 Å². The molecule has 1 saturated heterocycles.